The maximum Gasteiger partial charge on any atom is 0.123 e. The van der Waals surface area contributed by atoms with Gasteiger partial charge in [-0.15, -0.1) is 0 Å². The predicted molar refractivity (Wildman–Crippen MR) is 126 cm³/mol. The molecule has 0 saturated carbocycles. The van der Waals surface area contributed by atoms with E-state index in [9.17, 15) is 20.4 Å². The Bertz CT molecular complexity index is 1130. The van der Waals surface area contributed by atoms with Crippen LogP contribution in [0.5, 0.6) is 23.0 Å². The highest BCUT2D eigenvalue weighted by atomic mass is 16.3. The van der Waals surface area contributed by atoms with Crippen molar-refractivity contribution in [1.82, 2.24) is 0 Å². The molecule has 0 aliphatic carbocycles. The Morgan fingerprint density at radius 3 is 1.16 bits per heavy atom. The molecule has 0 aliphatic heterocycles. The Morgan fingerprint density at radius 1 is 0.406 bits per heavy atom. The third kappa shape index (κ3) is 5.22. The second kappa shape index (κ2) is 9.48. The number of hydrogen-bond donors (Lipinski definition) is 4. The van der Waals surface area contributed by atoms with Crippen LogP contribution in [0.3, 0.4) is 0 Å². The van der Waals surface area contributed by atoms with Crippen molar-refractivity contribution in [1.29, 1.82) is 0 Å². The van der Waals surface area contributed by atoms with Crippen molar-refractivity contribution < 1.29 is 20.4 Å². The Balaban J connectivity index is 1.54. The molecule has 162 valence electrons. The van der Waals surface area contributed by atoms with Crippen LogP contribution in [0.1, 0.15) is 22.3 Å². The van der Waals surface area contributed by atoms with Crippen molar-refractivity contribution in [2.24, 2.45) is 0 Å². The monoisotopic (exact) mass is 426 g/mol. The fourth-order valence-electron chi connectivity index (χ4n) is 3.91. The van der Waals surface area contributed by atoms with Gasteiger partial charge in [-0.1, -0.05) is 36.4 Å². The third-order valence-electron chi connectivity index (χ3n) is 5.64. The SMILES string of the molecule is Oc1cccc(CCc2ccc(O)c(-c3cc(CCc4cccc(O)c4)ccc3O)c2)c1. The fourth-order valence-corrected chi connectivity index (χ4v) is 3.91. The number of benzene rings is 4. The van der Waals surface area contributed by atoms with Gasteiger partial charge in [0.15, 0.2) is 0 Å². The molecule has 4 rings (SSSR count). The number of phenolic OH excluding ortho intramolecular Hbond substituents is 4. The Morgan fingerprint density at radius 2 is 0.781 bits per heavy atom. The van der Waals surface area contributed by atoms with Gasteiger partial charge < -0.3 is 20.4 Å². The first-order chi connectivity index (χ1) is 15.5. The smallest absolute Gasteiger partial charge is 0.123 e. The molecule has 0 aromatic heterocycles. The average Bonchev–Trinajstić information content (AvgIpc) is 2.78. The average molecular weight is 427 g/mol. The lowest BCUT2D eigenvalue weighted by Gasteiger charge is -2.12. The van der Waals surface area contributed by atoms with E-state index in [1.165, 1.54) is 0 Å². The number of rotatable bonds is 7. The van der Waals surface area contributed by atoms with Crippen molar-refractivity contribution >= 4 is 0 Å². The molecule has 32 heavy (non-hydrogen) atoms. The molecule has 4 heteroatoms. The summed E-state index contributed by atoms with van der Waals surface area (Å²) < 4.78 is 0. The van der Waals surface area contributed by atoms with E-state index >= 15 is 0 Å². The maximum atomic E-state index is 10.5. The Kier molecular flexibility index (Phi) is 6.31. The van der Waals surface area contributed by atoms with E-state index in [1.54, 1.807) is 36.4 Å². The molecule has 0 heterocycles. The van der Waals surface area contributed by atoms with Crippen LogP contribution in [0.15, 0.2) is 84.9 Å². The molecule has 0 atom stereocenters. The van der Waals surface area contributed by atoms with E-state index in [0.29, 0.717) is 11.1 Å². The predicted octanol–water partition coefficient (Wildman–Crippen LogP) is 5.75. The summed E-state index contributed by atoms with van der Waals surface area (Å²) in [6.45, 7) is 0. The molecular formula is C28H26O4. The summed E-state index contributed by atoms with van der Waals surface area (Å²) in [6, 6.07) is 25.3. The second-order valence-corrected chi connectivity index (χ2v) is 8.04. The van der Waals surface area contributed by atoms with Crippen LogP contribution < -0.4 is 0 Å². The standard InChI is InChI=1S/C28H26O4/c29-23-5-1-3-19(15-23)7-9-21-11-13-27(31)25(17-21)26-18-22(12-14-28(26)32)10-8-20-4-2-6-24(30)16-20/h1-6,11-18,29-32H,7-10H2. The van der Waals surface area contributed by atoms with Crippen LogP contribution in [0, 0.1) is 0 Å². The van der Waals surface area contributed by atoms with E-state index in [2.05, 4.69) is 0 Å². The summed E-state index contributed by atoms with van der Waals surface area (Å²) in [4.78, 5) is 0. The van der Waals surface area contributed by atoms with Crippen molar-refractivity contribution in [2.45, 2.75) is 25.7 Å². The zero-order chi connectivity index (χ0) is 22.5. The minimum absolute atomic E-state index is 0.117. The van der Waals surface area contributed by atoms with Crippen LogP contribution in [-0.2, 0) is 25.7 Å². The minimum atomic E-state index is 0.117. The van der Waals surface area contributed by atoms with E-state index in [4.69, 9.17) is 0 Å². The van der Waals surface area contributed by atoms with E-state index < -0.39 is 0 Å². The molecule has 0 bridgehead atoms. The van der Waals surface area contributed by atoms with Gasteiger partial charge in [-0.05, 0) is 96.5 Å². The molecule has 4 aromatic carbocycles. The zero-order valence-corrected chi connectivity index (χ0v) is 17.7. The topological polar surface area (TPSA) is 80.9 Å². The van der Waals surface area contributed by atoms with Gasteiger partial charge in [-0.2, -0.15) is 0 Å². The minimum Gasteiger partial charge on any atom is -0.508 e. The lowest BCUT2D eigenvalue weighted by Crippen LogP contribution is -1.94. The van der Waals surface area contributed by atoms with Gasteiger partial charge in [-0.3, -0.25) is 0 Å². The number of aryl methyl sites for hydroxylation is 4. The van der Waals surface area contributed by atoms with Gasteiger partial charge in [0.05, 0.1) is 0 Å². The normalized spacial score (nSPS) is 10.9. The first kappa shape index (κ1) is 21.3. The highest BCUT2D eigenvalue weighted by molar-refractivity contribution is 5.76. The van der Waals surface area contributed by atoms with Gasteiger partial charge in [0.1, 0.15) is 23.0 Å². The summed E-state index contributed by atoms with van der Waals surface area (Å²) in [5.41, 5.74) is 5.33. The summed E-state index contributed by atoms with van der Waals surface area (Å²) >= 11 is 0. The summed E-state index contributed by atoms with van der Waals surface area (Å²) in [6.07, 6.45) is 3.01. The van der Waals surface area contributed by atoms with Crippen LogP contribution in [0.4, 0.5) is 0 Å². The van der Waals surface area contributed by atoms with E-state index in [0.717, 1.165) is 47.9 Å². The first-order valence-electron chi connectivity index (χ1n) is 10.7. The van der Waals surface area contributed by atoms with Gasteiger partial charge in [0, 0.05) is 11.1 Å². The first-order valence-corrected chi connectivity index (χ1v) is 10.7. The highest BCUT2D eigenvalue weighted by Gasteiger charge is 2.12. The molecule has 4 aromatic rings. The molecule has 0 unspecified atom stereocenters. The third-order valence-corrected chi connectivity index (χ3v) is 5.64. The number of aromatic hydroxyl groups is 4. The van der Waals surface area contributed by atoms with E-state index in [-0.39, 0.29) is 23.0 Å². The molecule has 4 N–H and O–H groups in total. The van der Waals surface area contributed by atoms with Crippen molar-refractivity contribution in [3.8, 4) is 34.1 Å². The van der Waals surface area contributed by atoms with Gasteiger partial charge in [-0.25, -0.2) is 0 Å². The molecule has 0 saturated heterocycles. The van der Waals surface area contributed by atoms with Gasteiger partial charge in [0.25, 0.3) is 0 Å². The molecule has 0 amide bonds. The van der Waals surface area contributed by atoms with Gasteiger partial charge >= 0.3 is 0 Å². The van der Waals surface area contributed by atoms with Crippen LogP contribution in [0.2, 0.25) is 0 Å². The number of hydrogen-bond acceptors (Lipinski definition) is 4. The summed E-state index contributed by atoms with van der Waals surface area (Å²) in [5, 5.41) is 40.3. The molecule has 0 fully saturated rings. The van der Waals surface area contributed by atoms with Crippen molar-refractivity contribution in [2.75, 3.05) is 0 Å². The lowest BCUT2D eigenvalue weighted by molar-refractivity contribution is 0.469. The molecule has 0 spiro atoms. The zero-order valence-electron chi connectivity index (χ0n) is 17.7. The van der Waals surface area contributed by atoms with Crippen LogP contribution >= 0.6 is 0 Å². The Hall–Kier alpha value is -3.92. The maximum absolute atomic E-state index is 10.5. The fraction of sp³-hybridized carbons (Fsp3) is 0.143. The highest BCUT2D eigenvalue weighted by Crippen LogP contribution is 2.37. The number of phenols is 4. The summed E-state index contributed by atoms with van der Waals surface area (Å²) in [7, 11) is 0. The molecule has 4 nitrogen and oxygen atoms in total. The largest absolute Gasteiger partial charge is 0.508 e. The van der Waals surface area contributed by atoms with E-state index in [1.807, 2.05) is 48.5 Å². The molecular weight excluding hydrogens is 400 g/mol. The second-order valence-electron chi connectivity index (χ2n) is 8.04. The van der Waals surface area contributed by atoms with Crippen molar-refractivity contribution in [3.05, 3.63) is 107 Å². The Labute approximate surface area is 187 Å². The van der Waals surface area contributed by atoms with Crippen LogP contribution in [0.25, 0.3) is 11.1 Å². The molecule has 0 aliphatic rings. The quantitative estimate of drug-likeness (QED) is 0.303. The summed E-state index contributed by atoms with van der Waals surface area (Å²) in [5.74, 6) is 0.737. The van der Waals surface area contributed by atoms with Crippen molar-refractivity contribution in [3.63, 3.8) is 0 Å². The lowest BCUT2D eigenvalue weighted by atomic mass is 9.95. The van der Waals surface area contributed by atoms with Crippen LogP contribution in [-0.4, -0.2) is 20.4 Å². The molecule has 0 radical (unpaired) electrons. The van der Waals surface area contributed by atoms with Gasteiger partial charge in [0.2, 0.25) is 0 Å².